The average Bonchev–Trinajstić information content (AvgIpc) is 3.09. The molecule has 0 atom stereocenters. The van der Waals surface area contributed by atoms with E-state index >= 15 is 0 Å². The van der Waals surface area contributed by atoms with Crippen LogP contribution in [0.2, 0.25) is 0 Å². The fourth-order valence-corrected chi connectivity index (χ4v) is 3.69. The van der Waals surface area contributed by atoms with E-state index in [1.165, 1.54) is 0 Å². The van der Waals surface area contributed by atoms with E-state index in [1.54, 1.807) is 25.1 Å². The van der Waals surface area contributed by atoms with Crippen LogP contribution in [0.4, 0.5) is 0 Å². The smallest absolute Gasteiger partial charge is 0.255 e. The number of ether oxygens (including phenoxy) is 2. The number of nitrogens with zero attached hydrogens (tertiary/aromatic N) is 2. The zero-order valence-corrected chi connectivity index (χ0v) is 16.2. The number of aromatic nitrogens is 2. The van der Waals surface area contributed by atoms with Crippen LogP contribution in [-0.2, 0) is 11.8 Å². The van der Waals surface area contributed by atoms with Crippen LogP contribution in [0, 0.1) is 5.41 Å². The zero-order chi connectivity index (χ0) is 19.3. The van der Waals surface area contributed by atoms with Gasteiger partial charge in [-0.25, -0.2) is 0 Å². The molecule has 7 nitrogen and oxygen atoms in total. The van der Waals surface area contributed by atoms with Crippen LogP contribution in [-0.4, -0.2) is 56.1 Å². The highest BCUT2D eigenvalue weighted by atomic mass is 16.5. The molecule has 1 saturated heterocycles. The lowest BCUT2D eigenvalue weighted by Crippen LogP contribution is -2.47. The number of piperidine rings is 1. The van der Waals surface area contributed by atoms with Gasteiger partial charge in [-0.3, -0.25) is 9.48 Å². The van der Waals surface area contributed by atoms with Crippen molar-refractivity contribution in [2.45, 2.75) is 12.8 Å². The number of carbonyl (C=O) groups is 1. The second-order valence-electron chi connectivity index (χ2n) is 7.13. The van der Waals surface area contributed by atoms with Gasteiger partial charge in [0.25, 0.3) is 5.91 Å². The zero-order valence-electron chi connectivity index (χ0n) is 16.2. The Morgan fingerprint density at radius 3 is 2.74 bits per heavy atom. The first kappa shape index (κ1) is 19.4. The van der Waals surface area contributed by atoms with Crippen LogP contribution < -0.4 is 15.4 Å². The number of hydrogen-bond donors (Lipinski definition) is 2. The third kappa shape index (κ3) is 4.31. The Bertz CT molecular complexity index is 776. The van der Waals surface area contributed by atoms with Gasteiger partial charge in [0.05, 0.1) is 19.3 Å². The van der Waals surface area contributed by atoms with Crippen molar-refractivity contribution in [1.82, 2.24) is 20.4 Å². The molecule has 1 fully saturated rings. The highest BCUT2D eigenvalue weighted by molar-refractivity contribution is 6.00. The molecule has 0 saturated carbocycles. The predicted octanol–water partition coefficient (Wildman–Crippen LogP) is 1.84. The molecule has 2 aromatic rings. The Hall–Kier alpha value is -2.38. The van der Waals surface area contributed by atoms with Gasteiger partial charge in [-0.15, -0.1) is 0 Å². The number of hydrogen-bond acceptors (Lipinski definition) is 5. The van der Waals surface area contributed by atoms with E-state index in [4.69, 9.17) is 9.47 Å². The maximum absolute atomic E-state index is 13.0. The van der Waals surface area contributed by atoms with Crippen LogP contribution in [0.25, 0.3) is 11.3 Å². The van der Waals surface area contributed by atoms with Gasteiger partial charge in [-0.1, -0.05) is 12.1 Å². The lowest BCUT2D eigenvalue weighted by Gasteiger charge is -2.37. The number of methoxy groups -OCH3 is 2. The van der Waals surface area contributed by atoms with Gasteiger partial charge < -0.3 is 20.1 Å². The molecule has 0 bridgehead atoms. The van der Waals surface area contributed by atoms with Crippen molar-refractivity contribution in [3.63, 3.8) is 0 Å². The highest BCUT2D eigenvalue weighted by Crippen LogP contribution is 2.32. The molecular weight excluding hydrogens is 344 g/mol. The van der Waals surface area contributed by atoms with Gasteiger partial charge in [-0.2, -0.15) is 5.10 Å². The van der Waals surface area contributed by atoms with Crippen molar-refractivity contribution in [2.75, 3.05) is 40.5 Å². The van der Waals surface area contributed by atoms with E-state index in [-0.39, 0.29) is 11.3 Å². The summed E-state index contributed by atoms with van der Waals surface area (Å²) in [6, 6.07) is 7.60. The molecule has 1 aromatic heterocycles. The third-order valence-corrected chi connectivity index (χ3v) is 5.17. The lowest BCUT2D eigenvalue weighted by molar-refractivity contribution is 0.0512. The average molecular weight is 372 g/mol. The number of para-hydroxylation sites is 1. The van der Waals surface area contributed by atoms with Crippen molar-refractivity contribution in [3.8, 4) is 17.0 Å². The summed E-state index contributed by atoms with van der Waals surface area (Å²) in [5.74, 6) is 0.567. The van der Waals surface area contributed by atoms with Gasteiger partial charge in [0.1, 0.15) is 11.4 Å². The molecule has 2 heterocycles. The minimum Gasteiger partial charge on any atom is -0.496 e. The standard InChI is InChI=1S/C20H28N4O3/c1-24-12-16(18(23-24)15-6-4-5-7-17(15)27-3)19(25)22-13-20(14-26-2)8-10-21-11-9-20/h4-7,12,21H,8-11,13-14H2,1-3H3,(H,22,25). The second-order valence-corrected chi connectivity index (χ2v) is 7.13. The molecule has 0 aliphatic carbocycles. The molecule has 1 aliphatic heterocycles. The van der Waals surface area contributed by atoms with E-state index in [0.717, 1.165) is 31.5 Å². The number of nitrogens with one attached hydrogen (secondary N) is 2. The van der Waals surface area contributed by atoms with E-state index < -0.39 is 0 Å². The number of aryl methyl sites for hydroxylation is 1. The van der Waals surface area contributed by atoms with Gasteiger partial charge in [0, 0.05) is 37.9 Å². The monoisotopic (exact) mass is 372 g/mol. The molecule has 2 N–H and O–H groups in total. The van der Waals surface area contributed by atoms with Crippen LogP contribution in [0.5, 0.6) is 5.75 Å². The summed E-state index contributed by atoms with van der Waals surface area (Å²) >= 11 is 0. The van der Waals surface area contributed by atoms with E-state index in [1.807, 2.05) is 31.3 Å². The lowest BCUT2D eigenvalue weighted by atomic mass is 9.79. The Morgan fingerprint density at radius 2 is 2.04 bits per heavy atom. The molecule has 7 heteroatoms. The first-order valence-electron chi connectivity index (χ1n) is 9.23. The number of carbonyl (C=O) groups excluding carboxylic acids is 1. The first-order valence-corrected chi connectivity index (χ1v) is 9.23. The highest BCUT2D eigenvalue weighted by Gasteiger charge is 2.33. The molecular formula is C20H28N4O3. The molecule has 146 valence electrons. The normalized spacial score (nSPS) is 16.1. The van der Waals surface area contributed by atoms with Gasteiger partial charge in [0.15, 0.2) is 0 Å². The first-order chi connectivity index (χ1) is 13.1. The summed E-state index contributed by atoms with van der Waals surface area (Å²) in [6.07, 6.45) is 3.71. The number of rotatable bonds is 7. The van der Waals surface area contributed by atoms with Crippen molar-refractivity contribution >= 4 is 5.91 Å². The van der Waals surface area contributed by atoms with Gasteiger partial charge in [-0.05, 0) is 38.1 Å². The summed E-state index contributed by atoms with van der Waals surface area (Å²) in [7, 11) is 5.15. The maximum atomic E-state index is 13.0. The summed E-state index contributed by atoms with van der Waals surface area (Å²) < 4.78 is 12.5. The maximum Gasteiger partial charge on any atom is 0.255 e. The molecule has 0 spiro atoms. The van der Waals surface area contributed by atoms with Crippen molar-refractivity contribution < 1.29 is 14.3 Å². The Labute approximate surface area is 160 Å². The summed E-state index contributed by atoms with van der Waals surface area (Å²) in [5.41, 5.74) is 1.95. The van der Waals surface area contributed by atoms with E-state index in [9.17, 15) is 4.79 Å². The molecule has 0 unspecified atom stereocenters. The fourth-order valence-electron chi connectivity index (χ4n) is 3.69. The van der Waals surface area contributed by atoms with Gasteiger partial charge >= 0.3 is 0 Å². The Morgan fingerprint density at radius 1 is 1.30 bits per heavy atom. The van der Waals surface area contributed by atoms with Crippen LogP contribution in [0.15, 0.2) is 30.5 Å². The van der Waals surface area contributed by atoms with E-state index in [2.05, 4.69) is 15.7 Å². The van der Waals surface area contributed by atoms with Gasteiger partial charge in [0.2, 0.25) is 0 Å². The quantitative estimate of drug-likeness (QED) is 0.776. The predicted molar refractivity (Wildman–Crippen MR) is 104 cm³/mol. The number of benzene rings is 1. The van der Waals surface area contributed by atoms with Crippen LogP contribution in [0.3, 0.4) is 0 Å². The Kier molecular flexibility index (Phi) is 6.13. The molecule has 27 heavy (non-hydrogen) atoms. The molecule has 3 rings (SSSR count). The topological polar surface area (TPSA) is 77.4 Å². The molecule has 1 aliphatic rings. The molecule has 0 radical (unpaired) electrons. The van der Waals surface area contributed by atoms with Crippen LogP contribution >= 0.6 is 0 Å². The van der Waals surface area contributed by atoms with Crippen molar-refractivity contribution in [1.29, 1.82) is 0 Å². The number of amides is 1. The third-order valence-electron chi connectivity index (χ3n) is 5.17. The minimum atomic E-state index is -0.127. The van der Waals surface area contributed by atoms with Crippen molar-refractivity contribution in [2.24, 2.45) is 12.5 Å². The fraction of sp³-hybridized carbons (Fsp3) is 0.500. The Balaban J connectivity index is 1.81. The summed E-state index contributed by atoms with van der Waals surface area (Å²) in [4.78, 5) is 13.0. The van der Waals surface area contributed by atoms with Crippen LogP contribution in [0.1, 0.15) is 23.2 Å². The SMILES string of the molecule is COCC1(CNC(=O)c2cn(C)nc2-c2ccccc2OC)CCNCC1. The van der Waals surface area contributed by atoms with E-state index in [0.29, 0.717) is 30.2 Å². The second kappa shape index (κ2) is 8.54. The molecule has 1 amide bonds. The largest absolute Gasteiger partial charge is 0.496 e. The van der Waals surface area contributed by atoms with Crippen molar-refractivity contribution in [3.05, 3.63) is 36.0 Å². The summed E-state index contributed by atoms with van der Waals surface area (Å²) in [5, 5.41) is 11.0. The molecule has 1 aromatic carbocycles. The summed E-state index contributed by atoms with van der Waals surface area (Å²) in [6.45, 7) is 3.11. The minimum absolute atomic E-state index is 0.0253.